The summed E-state index contributed by atoms with van der Waals surface area (Å²) in [5.41, 5.74) is 2.33. The van der Waals surface area contributed by atoms with Gasteiger partial charge in [-0.15, -0.1) is 0 Å². The van der Waals surface area contributed by atoms with E-state index in [0.29, 0.717) is 6.04 Å². The van der Waals surface area contributed by atoms with Crippen LogP contribution >= 0.6 is 0 Å². The van der Waals surface area contributed by atoms with Crippen LogP contribution in [-0.2, 0) is 6.54 Å². The molecule has 0 radical (unpaired) electrons. The summed E-state index contributed by atoms with van der Waals surface area (Å²) in [5.74, 6) is 0. The first-order chi connectivity index (χ1) is 9.79. The van der Waals surface area contributed by atoms with Crippen molar-refractivity contribution in [3.8, 4) is 0 Å². The van der Waals surface area contributed by atoms with E-state index in [2.05, 4.69) is 27.9 Å². The van der Waals surface area contributed by atoms with Gasteiger partial charge in [-0.25, -0.2) is 0 Å². The number of aliphatic hydroxyl groups excluding tert-OH is 1. The summed E-state index contributed by atoms with van der Waals surface area (Å²) in [7, 11) is 2.08. The van der Waals surface area contributed by atoms with Crippen LogP contribution in [0.5, 0.6) is 0 Å². The molecule has 0 spiro atoms. The zero-order valence-corrected chi connectivity index (χ0v) is 12.3. The average molecular weight is 275 g/mol. The fourth-order valence-electron chi connectivity index (χ4n) is 3.64. The predicted octanol–water partition coefficient (Wildman–Crippen LogP) is 2.03. The van der Waals surface area contributed by atoms with Crippen LogP contribution in [0, 0.1) is 0 Å². The molecule has 1 aliphatic carbocycles. The maximum Gasteiger partial charge on any atom is 0.0776 e. The first-order valence-corrected chi connectivity index (χ1v) is 7.81. The van der Waals surface area contributed by atoms with Crippen LogP contribution in [0.1, 0.15) is 37.8 Å². The first-order valence-electron chi connectivity index (χ1n) is 7.81. The number of hydrogen-bond donors (Lipinski definition) is 1. The van der Waals surface area contributed by atoms with E-state index < -0.39 is 0 Å². The molecule has 1 saturated carbocycles. The fourth-order valence-corrected chi connectivity index (χ4v) is 3.64. The molecule has 2 aliphatic rings. The summed E-state index contributed by atoms with van der Waals surface area (Å²) >= 11 is 0. The Kier molecular flexibility index (Phi) is 4.22. The summed E-state index contributed by atoms with van der Waals surface area (Å²) in [5, 5.41) is 9.67. The van der Waals surface area contributed by atoms with E-state index in [9.17, 15) is 5.11 Å². The lowest BCUT2D eigenvalue weighted by Gasteiger charge is -2.37. The minimum atomic E-state index is 0.196. The minimum Gasteiger partial charge on any atom is -0.394 e. The molecular weight excluding hydrogens is 250 g/mol. The molecule has 1 aromatic heterocycles. The van der Waals surface area contributed by atoms with E-state index in [-0.39, 0.29) is 12.6 Å². The Labute approximate surface area is 121 Å². The van der Waals surface area contributed by atoms with Gasteiger partial charge in [-0.1, -0.05) is 12.8 Å². The van der Waals surface area contributed by atoms with Gasteiger partial charge in [-0.2, -0.15) is 0 Å². The smallest absolute Gasteiger partial charge is 0.0776 e. The van der Waals surface area contributed by atoms with Crippen molar-refractivity contribution < 1.29 is 5.11 Å². The Morgan fingerprint density at radius 1 is 1.30 bits per heavy atom. The standard InChI is InChI=1S/C16H25N3O/c1-18-14(12-20)8-10-19(13-5-2-3-6-13)11-15-16(18)7-4-9-17-15/h4,7,9,13-14,20H,2-3,5-6,8,10-12H2,1H3. The molecule has 1 aromatic rings. The van der Waals surface area contributed by atoms with Gasteiger partial charge in [0.1, 0.15) is 0 Å². The molecule has 0 amide bonds. The minimum absolute atomic E-state index is 0.196. The number of likely N-dealkylation sites (N-methyl/N-ethyl adjacent to an activating group) is 1. The Morgan fingerprint density at radius 2 is 2.10 bits per heavy atom. The van der Waals surface area contributed by atoms with Gasteiger partial charge in [0.25, 0.3) is 0 Å². The quantitative estimate of drug-likeness (QED) is 0.896. The number of rotatable bonds is 2. The second-order valence-electron chi connectivity index (χ2n) is 6.11. The number of anilines is 1. The van der Waals surface area contributed by atoms with E-state index in [1.165, 1.54) is 31.4 Å². The molecule has 2 heterocycles. The first kappa shape index (κ1) is 13.8. The number of nitrogens with zero attached hydrogens (tertiary/aromatic N) is 3. The Hall–Kier alpha value is -1.13. The highest BCUT2D eigenvalue weighted by atomic mass is 16.3. The predicted molar refractivity (Wildman–Crippen MR) is 80.8 cm³/mol. The summed E-state index contributed by atoms with van der Waals surface area (Å²) < 4.78 is 0. The molecule has 1 unspecified atom stereocenters. The molecule has 1 aliphatic heterocycles. The summed E-state index contributed by atoms with van der Waals surface area (Å²) in [6.07, 6.45) is 8.27. The third kappa shape index (κ3) is 2.67. The number of hydrogen-bond acceptors (Lipinski definition) is 4. The van der Waals surface area contributed by atoms with Crippen molar-refractivity contribution >= 4 is 5.69 Å². The Balaban J connectivity index is 1.88. The van der Waals surface area contributed by atoms with Crippen molar-refractivity contribution in [2.45, 2.75) is 50.7 Å². The lowest BCUT2D eigenvalue weighted by atomic mass is 10.1. The van der Waals surface area contributed by atoms with Gasteiger partial charge in [0, 0.05) is 32.4 Å². The van der Waals surface area contributed by atoms with Gasteiger partial charge >= 0.3 is 0 Å². The molecule has 1 N–H and O–H groups in total. The molecule has 0 aromatic carbocycles. The van der Waals surface area contributed by atoms with Gasteiger partial charge < -0.3 is 10.0 Å². The molecule has 0 bridgehead atoms. The van der Waals surface area contributed by atoms with Gasteiger partial charge in [-0.05, 0) is 31.4 Å². The molecule has 0 saturated heterocycles. The van der Waals surface area contributed by atoms with Crippen molar-refractivity contribution in [1.29, 1.82) is 0 Å². The maximum absolute atomic E-state index is 9.67. The van der Waals surface area contributed by atoms with E-state index in [0.717, 1.165) is 25.2 Å². The van der Waals surface area contributed by atoms with Crippen LogP contribution in [-0.4, -0.2) is 47.3 Å². The van der Waals surface area contributed by atoms with Crippen LogP contribution in [0.25, 0.3) is 0 Å². The van der Waals surface area contributed by atoms with Gasteiger partial charge in [0.2, 0.25) is 0 Å². The molecule has 1 fully saturated rings. The second kappa shape index (κ2) is 6.10. The Bertz CT molecular complexity index is 445. The maximum atomic E-state index is 9.67. The Morgan fingerprint density at radius 3 is 2.85 bits per heavy atom. The monoisotopic (exact) mass is 275 g/mol. The van der Waals surface area contributed by atoms with Crippen LogP contribution in [0.4, 0.5) is 5.69 Å². The topological polar surface area (TPSA) is 39.6 Å². The normalized spacial score (nSPS) is 25.3. The summed E-state index contributed by atoms with van der Waals surface area (Å²) in [6.45, 7) is 2.23. The largest absolute Gasteiger partial charge is 0.394 e. The molecule has 1 atom stereocenters. The third-order valence-electron chi connectivity index (χ3n) is 4.95. The second-order valence-corrected chi connectivity index (χ2v) is 6.11. The van der Waals surface area contributed by atoms with Crippen molar-refractivity contribution in [3.63, 3.8) is 0 Å². The van der Waals surface area contributed by atoms with Crippen molar-refractivity contribution in [3.05, 3.63) is 24.0 Å². The third-order valence-corrected chi connectivity index (χ3v) is 4.95. The van der Waals surface area contributed by atoms with E-state index in [4.69, 9.17) is 0 Å². The van der Waals surface area contributed by atoms with Crippen molar-refractivity contribution in [2.24, 2.45) is 0 Å². The van der Waals surface area contributed by atoms with Gasteiger partial charge in [0.05, 0.1) is 24.0 Å². The summed E-state index contributed by atoms with van der Waals surface area (Å²) in [4.78, 5) is 9.39. The SMILES string of the molecule is CN1c2cccnc2CN(C2CCCC2)CCC1CO. The zero-order valence-electron chi connectivity index (χ0n) is 12.3. The molecule has 4 nitrogen and oxygen atoms in total. The van der Waals surface area contributed by atoms with Gasteiger partial charge in [0.15, 0.2) is 0 Å². The molecule has 4 heteroatoms. The highest BCUT2D eigenvalue weighted by Gasteiger charge is 2.28. The van der Waals surface area contributed by atoms with E-state index in [1.54, 1.807) is 0 Å². The average Bonchev–Trinajstić information content (AvgIpc) is 2.99. The van der Waals surface area contributed by atoms with Gasteiger partial charge in [-0.3, -0.25) is 9.88 Å². The lowest BCUT2D eigenvalue weighted by Crippen LogP contribution is -2.43. The van der Waals surface area contributed by atoms with Crippen LogP contribution < -0.4 is 4.90 Å². The van der Waals surface area contributed by atoms with Crippen LogP contribution in [0.3, 0.4) is 0 Å². The number of pyridine rings is 1. The fraction of sp³-hybridized carbons (Fsp3) is 0.688. The van der Waals surface area contributed by atoms with Crippen LogP contribution in [0.15, 0.2) is 18.3 Å². The van der Waals surface area contributed by atoms with E-state index >= 15 is 0 Å². The zero-order chi connectivity index (χ0) is 13.9. The van der Waals surface area contributed by atoms with Crippen molar-refractivity contribution in [1.82, 2.24) is 9.88 Å². The van der Waals surface area contributed by atoms with Crippen molar-refractivity contribution in [2.75, 3.05) is 25.1 Å². The highest BCUT2D eigenvalue weighted by Crippen LogP contribution is 2.30. The number of fused-ring (bicyclic) bond motifs is 1. The van der Waals surface area contributed by atoms with E-state index in [1.807, 2.05) is 12.3 Å². The number of aromatic nitrogens is 1. The number of aliphatic hydroxyl groups is 1. The molecule has 20 heavy (non-hydrogen) atoms. The molecule has 110 valence electrons. The lowest BCUT2D eigenvalue weighted by molar-refractivity contribution is 0.163. The molecule has 3 rings (SSSR count). The summed E-state index contributed by atoms with van der Waals surface area (Å²) in [6, 6.07) is 5.03. The molecular formula is C16H25N3O. The highest BCUT2D eigenvalue weighted by molar-refractivity contribution is 5.51. The van der Waals surface area contributed by atoms with Crippen LogP contribution in [0.2, 0.25) is 0 Å².